The van der Waals surface area contributed by atoms with Gasteiger partial charge in [0.25, 0.3) is 5.91 Å². The number of methoxy groups -OCH3 is 1. The van der Waals surface area contributed by atoms with Gasteiger partial charge in [-0.25, -0.2) is 19.5 Å². The van der Waals surface area contributed by atoms with Crippen molar-refractivity contribution in [1.82, 2.24) is 9.88 Å². The number of hydrogen-bond donors (Lipinski definition) is 0. The Morgan fingerprint density at radius 1 is 1.36 bits per heavy atom. The molecule has 118 valence electrons. The Morgan fingerprint density at radius 3 is 2.55 bits per heavy atom. The molecule has 0 atom stereocenters. The van der Waals surface area contributed by atoms with Gasteiger partial charge in [0, 0.05) is 5.56 Å². The number of amides is 2. The topological polar surface area (TPSA) is 85.8 Å². The molecule has 8 heteroatoms. The first-order chi connectivity index (χ1) is 10.1. The molecule has 0 saturated heterocycles. The molecule has 2 rings (SSSR count). The lowest BCUT2D eigenvalue weighted by Crippen LogP contribution is -2.36. The van der Waals surface area contributed by atoms with Crippen molar-refractivity contribution in [3.63, 3.8) is 0 Å². The number of nitrogens with zero attached hydrogens (tertiary/aromatic N) is 2. The Hall–Kier alpha value is -2.15. The van der Waals surface area contributed by atoms with Crippen molar-refractivity contribution in [1.29, 1.82) is 0 Å². The number of rotatable bonds is 1. The zero-order chi connectivity index (χ0) is 16.7. The Morgan fingerprint density at radius 2 is 2.00 bits per heavy atom. The van der Waals surface area contributed by atoms with E-state index in [1.807, 2.05) is 0 Å². The SMILES string of the molecule is COC(=O)c1nc(Cl)cc2c1CN(C(=O)OC(C)(C)C)C2=O. The smallest absolute Gasteiger partial charge is 0.417 e. The highest BCUT2D eigenvalue weighted by atomic mass is 35.5. The van der Waals surface area contributed by atoms with E-state index >= 15 is 0 Å². The molecule has 0 spiro atoms. The molecule has 1 aliphatic rings. The lowest BCUT2D eigenvalue weighted by molar-refractivity contribution is 0.0246. The lowest BCUT2D eigenvalue weighted by atomic mass is 10.1. The fourth-order valence-electron chi connectivity index (χ4n) is 2.00. The van der Waals surface area contributed by atoms with Crippen molar-refractivity contribution < 1.29 is 23.9 Å². The van der Waals surface area contributed by atoms with Crippen LogP contribution in [-0.2, 0) is 16.0 Å². The number of imide groups is 1. The number of fused-ring (bicyclic) bond motifs is 1. The van der Waals surface area contributed by atoms with Crippen LogP contribution in [0.5, 0.6) is 0 Å². The van der Waals surface area contributed by atoms with Crippen LogP contribution in [0.1, 0.15) is 47.2 Å². The third-order valence-corrected chi connectivity index (χ3v) is 3.07. The molecule has 1 aromatic rings. The molecule has 1 aliphatic heterocycles. The first-order valence-electron chi connectivity index (χ1n) is 6.46. The number of carbonyl (C=O) groups excluding carboxylic acids is 3. The van der Waals surface area contributed by atoms with Crippen LogP contribution < -0.4 is 0 Å². The van der Waals surface area contributed by atoms with Gasteiger partial charge in [0.15, 0.2) is 5.69 Å². The average Bonchev–Trinajstić information content (AvgIpc) is 2.73. The van der Waals surface area contributed by atoms with Crippen molar-refractivity contribution >= 4 is 29.6 Å². The minimum absolute atomic E-state index is 0.0291. The van der Waals surface area contributed by atoms with Crippen LogP contribution in [-0.4, -0.2) is 40.6 Å². The van der Waals surface area contributed by atoms with Crippen LogP contribution in [0.4, 0.5) is 4.79 Å². The van der Waals surface area contributed by atoms with E-state index in [1.165, 1.54) is 13.2 Å². The Kier molecular flexibility index (Phi) is 4.10. The quantitative estimate of drug-likeness (QED) is 0.582. The van der Waals surface area contributed by atoms with Crippen molar-refractivity contribution in [3.8, 4) is 0 Å². The first kappa shape index (κ1) is 16.2. The van der Waals surface area contributed by atoms with E-state index in [2.05, 4.69) is 9.72 Å². The summed E-state index contributed by atoms with van der Waals surface area (Å²) >= 11 is 5.82. The number of esters is 1. The standard InChI is InChI=1S/C14H15ClN2O5/c1-14(2,3)22-13(20)17-6-8-7(11(17)18)5-9(15)16-10(8)12(19)21-4/h5H,6H2,1-4H3. The largest absolute Gasteiger partial charge is 0.464 e. The second kappa shape index (κ2) is 5.57. The summed E-state index contributed by atoms with van der Waals surface area (Å²) in [4.78, 5) is 40.9. The van der Waals surface area contributed by atoms with Crippen molar-refractivity contribution in [2.24, 2.45) is 0 Å². The van der Waals surface area contributed by atoms with Gasteiger partial charge in [-0.3, -0.25) is 4.79 Å². The summed E-state index contributed by atoms with van der Waals surface area (Å²) in [5.74, 6) is -1.31. The maximum absolute atomic E-state index is 12.3. The van der Waals surface area contributed by atoms with Gasteiger partial charge in [0.1, 0.15) is 10.8 Å². The van der Waals surface area contributed by atoms with Gasteiger partial charge in [0.05, 0.1) is 19.2 Å². The van der Waals surface area contributed by atoms with Gasteiger partial charge in [-0.05, 0) is 26.8 Å². The second-order valence-corrected chi connectivity index (χ2v) is 6.07. The molecule has 22 heavy (non-hydrogen) atoms. The number of pyridine rings is 1. The molecule has 0 N–H and O–H groups in total. The number of halogens is 1. The zero-order valence-corrected chi connectivity index (χ0v) is 13.4. The summed E-state index contributed by atoms with van der Waals surface area (Å²) in [6, 6.07) is 1.32. The monoisotopic (exact) mass is 326 g/mol. The lowest BCUT2D eigenvalue weighted by Gasteiger charge is -2.23. The Balaban J connectivity index is 2.39. The average molecular weight is 327 g/mol. The first-order valence-corrected chi connectivity index (χ1v) is 6.84. The number of ether oxygens (including phenoxy) is 2. The van der Waals surface area contributed by atoms with Gasteiger partial charge in [-0.15, -0.1) is 0 Å². The van der Waals surface area contributed by atoms with Gasteiger partial charge < -0.3 is 9.47 Å². The fraction of sp³-hybridized carbons (Fsp3) is 0.429. The van der Waals surface area contributed by atoms with E-state index in [0.29, 0.717) is 5.56 Å². The third-order valence-electron chi connectivity index (χ3n) is 2.88. The predicted molar refractivity (Wildman–Crippen MR) is 76.7 cm³/mol. The zero-order valence-electron chi connectivity index (χ0n) is 12.6. The molecule has 2 amide bonds. The van der Waals surface area contributed by atoms with Crippen LogP contribution in [0.25, 0.3) is 0 Å². The van der Waals surface area contributed by atoms with Gasteiger partial charge >= 0.3 is 12.1 Å². The summed E-state index contributed by atoms with van der Waals surface area (Å²) in [5, 5.41) is -0.0291. The van der Waals surface area contributed by atoms with Crippen molar-refractivity contribution in [3.05, 3.63) is 28.0 Å². The minimum atomic E-state index is -0.791. The van der Waals surface area contributed by atoms with Crippen LogP contribution in [0.2, 0.25) is 5.15 Å². The van der Waals surface area contributed by atoms with E-state index < -0.39 is 23.6 Å². The molecule has 0 fully saturated rings. The summed E-state index contributed by atoms with van der Waals surface area (Å²) in [6.07, 6.45) is -0.791. The van der Waals surface area contributed by atoms with E-state index in [9.17, 15) is 14.4 Å². The molecule has 2 heterocycles. The Labute approximate surface area is 132 Å². The van der Waals surface area contributed by atoms with E-state index in [4.69, 9.17) is 16.3 Å². The highest BCUT2D eigenvalue weighted by Crippen LogP contribution is 2.29. The molecule has 7 nitrogen and oxygen atoms in total. The highest BCUT2D eigenvalue weighted by Gasteiger charge is 2.38. The van der Waals surface area contributed by atoms with Gasteiger partial charge in [-0.1, -0.05) is 11.6 Å². The maximum atomic E-state index is 12.3. The predicted octanol–water partition coefficient (Wildman–Crippen LogP) is 2.41. The minimum Gasteiger partial charge on any atom is -0.464 e. The molecular formula is C14H15ClN2O5. The molecule has 0 saturated carbocycles. The third kappa shape index (κ3) is 3.04. The number of aromatic nitrogens is 1. The Bertz CT molecular complexity index is 666. The molecule has 1 aromatic heterocycles. The molecule has 0 aliphatic carbocycles. The van der Waals surface area contributed by atoms with Crippen LogP contribution in [0.15, 0.2) is 6.07 Å². The van der Waals surface area contributed by atoms with Crippen molar-refractivity contribution in [2.75, 3.05) is 7.11 Å². The maximum Gasteiger partial charge on any atom is 0.417 e. The summed E-state index contributed by atoms with van der Waals surface area (Å²) in [6.45, 7) is 4.96. The van der Waals surface area contributed by atoms with Crippen molar-refractivity contribution in [2.45, 2.75) is 32.9 Å². The van der Waals surface area contributed by atoms with E-state index in [0.717, 1.165) is 4.90 Å². The normalized spacial score (nSPS) is 13.9. The fourth-order valence-corrected chi connectivity index (χ4v) is 2.19. The molecule has 0 radical (unpaired) electrons. The van der Waals surface area contributed by atoms with Crippen LogP contribution in [0, 0.1) is 0 Å². The summed E-state index contributed by atoms with van der Waals surface area (Å²) in [7, 11) is 1.19. The van der Waals surface area contributed by atoms with E-state index in [1.54, 1.807) is 20.8 Å². The second-order valence-electron chi connectivity index (χ2n) is 5.68. The van der Waals surface area contributed by atoms with Crippen LogP contribution in [0.3, 0.4) is 0 Å². The molecule has 0 aromatic carbocycles. The summed E-state index contributed by atoms with van der Waals surface area (Å²) < 4.78 is 9.80. The van der Waals surface area contributed by atoms with Crippen LogP contribution >= 0.6 is 11.6 Å². The molecule has 0 bridgehead atoms. The van der Waals surface area contributed by atoms with E-state index in [-0.39, 0.29) is 23.0 Å². The highest BCUT2D eigenvalue weighted by molar-refractivity contribution is 6.30. The number of hydrogen-bond acceptors (Lipinski definition) is 6. The molecule has 0 unspecified atom stereocenters. The summed E-state index contributed by atoms with van der Waals surface area (Å²) in [5.41, 5.74) is -0.379. The van der Waals surface area contributed by atoms with Gasteiger partial charge in [-0.2, -0.15) is 0 Å². The number of carbonyl (C=O) groups is 3. The van der Waals surface area contributed by atoms with Gasteiger partial charge in [0.2, 0.25) is 0 Å². The molecular weight excluding hydrogens is 312 g/mol.